The van der Waals surface area contributed by atoms with Crippen LogP contribution in [0.15, 0.2) is 42.7 Å². The molecule has 0 spiro atoms. The Balaban J connectivity index is 2.48. The average molecular weight is 405 g/mol. The molecule has 8 heteroatoms. The minimum Gasteiger partial charge on any atom is -0.372 e. The van der Waals surface area contributed by atoms with Gasteiger partial charge in [0.25, 0.3) is 0 Å². The number of hydrogen-bond acceptors (Lipinski definition) is 3. The first-order chi connectivity index (χ1) is 10.4. The van der Waals surface area contributed by atoms with Crippen LogP contribution in [0.5, 0.6) is 0 Å². The van der Waals surface area contributed by atoms with E-state index in [1.165, 1.54) is 6.07 Å². The predicted octanol–water partition coefficient (Wildman–Crippen LogP) is 4.36. The van der Waals surface area contributed by atoms with Crippen LogP contribution in [0.4, 0.5) is 4.39 Å². The molecule has 0 fully saturated rings. The summed E-state index contributed by atoms with van der Waals surface area (Å²) < 4.78 is 19.5. The van der Waals surface area contributed by atoms with Crippen molar-refractivity contribution in [2.24, 2.45) is 0 Å². The van der Waals surface area contributed by atoms with E-state index in [4.69, 9.17) is 23.2 Å². The molecule has 0 saturated carbocycles. The number of rotatable bonds is 1. The first-order valence-electron chi connectivity index (χ1n) is 5.89. The van der Waals surface area contributed by atoms with Gasteiger partial charge in [-0.3, -0.25) is 4.98 Å². The van der Waals surface area contributed by atoms with Crippen molar-refractivity contribution in [3.8, 4) is 11.1 Å². The van der Waals surface area contributed by atoms with Crippen molar-refractivity contribution in [1.29, 1.82) is 0 Å². The van der Waals surface area contributed by atoms with Crippen molar-refractivity contribution in [1.82, 2.24) is 4.98 Å². The molecule has 0 bridgehead atoms. The largest absolute Gasteiger partial charge is 0.419 e. The van der Waals surface area contributed by atoms with Crippen LogP contribution in [0.25, 0.3) is 22.0 Å². The van der Waals surface area contributed by atoms with Crippen LogP contribution in [-0.4, -0.2) is 4.98 Å². The van der Waals surface area contributed by atoms with Gasteiger partial charge < -0.3 is 4.42 Å². The lowest BCUT2D eigenvalue weighted by Gasteiger charge is -2.11. The van der Waals surface area contributed by atoms with Crippen molar-refractivity contribution in [3.05, 3.63) is 65.6 Å². The molecule has 0 aliphatic carbocycles. The van der Waals surface area contributed by atoms with E-state index in [1.807, 2.05) is 0 Å². The third-order valence-corrected chi connectivity index (χ3v) is 4.52. The Morgan fingerprint density at radius 1 is 1.23 bits per heavy atom. The Bertz CT molecular complexity index is 1030. The van der Waals surface area contributed by atoms with E-state index in [1.54, 1.807) is 18.2 Å². The fourth-order valence-electron chi connectivity index (χ4n) is 2.11. The van der Waals surface area contributed by atoms with Gasteiger partial charge in [0.1, 0.15) is 0 Å². The fourth-order valence-corrected chi connectivity index (χ4v) is 3.12. The zero-order chi connectivity index (χ0) is 16.0. The zero-order valence-electron chi connectivity index (χ0n) is 10.5. The second-order valence-electron chi connectivity index (χ2n) is 4.37. The fraction of sp³-hybridized carbons (Fsp3) is 0. The first kappa shape index (κ1) is 15.3. The van der Waals surface area contributed by atoms with Crippen molar-refractivity contribution < 1.29 is 8.81 Å². The number of fused-ring (bicyclic) bond motifs is 1. The molecule has 0 saturated heterocycles. The Kier molecular flexibility index (Phi) is 3.84. The summed E-state index contributed by atoms with van der Waals surface area (Å²) in [4.78, 5) is 25.1. The Hall–Kier alpha value is -1.63. The molecule has 0 atom stereocenters. The van der Waals surface area contributed by atoms with Crippen molar-refractivity contribution in [3.63, 3.8) is 0 Å². The highest BCUT2D eigenvalue weighted by Gasteiger charge is 2.20. The normalized spacial score (nSPS) is 11.1. The van der Waals surface area contributed by atoms with Gasteiger partial charge >= 0.3 is 11.4 Å². The molecule has 112 valence electrons. The van der Waals surface area contributed by atoms with Gasteiger partial charge in [0.15, 0.2) is 5.82 Å². The molecule has 3 aromatic rings. The monoisotopic (exact) mass is 403 g/mol. The van der Waals surface area contributed by atoms with E-state index in [9.17, 15) is 14.0 Å². The number of H-pyrrole nitrogens is 1. The van der Waals surface area contributed by atoms with Gasteiger partial charge in [-0.25, -0.2) is 14.0 Å². The van der Waals surface area contributed by atoms with Crippen molar-refractivity contribution in [2.75, 3.05) is 0 Å². The maximum atomic E-state index is 14.8. The van der Waals surface area contributed by atoms with Gasteiger partial charge in [0.05, 0.1) is 20.9 Å². The van der Waals surface area contributed by atoms with Crippen LogP contribution in [0.1, 0.15) is 0 Å². The Morgan fingerprint density at radius 2 is 1.95 bits per heavy atom. The maximum absolute atomic E-state index is 14.8. The minimum absolute atomic E-state index is 0.0845. The van der Waals surface area contributed by atoms with Gasteiger partial charge in [0.2, 0.25) is 0 Å². The highest BCUT2D eigenvalue weighted by Crippen LogP contribution is 2.40. The molecule has 2 aromatic carbocycles. The molecule has 22 heavy (non-hydrogen) atoms. The molecule has 4 nitrogen and oxygen atoms in total. The maximum Gasteiger partial charge on any atom is 0.419 e. The van der Waals surface area contributed by atoms with Crippen LogP contribution in [0.2, 0.25) is 10.0 Å². The number of hydrogen-bond donors (Lipinski definition) is 1. The van der Waals surface area contributed by atoms with Gasteiger partial charge in [-0.05, 0) is 12.1 Å². The highest BCUT2D eigenvalue weighted by atomic mass is 79.9. The number of halogens is 4. The lowest BCUT2D eigenvalue weighted by molar-refractivity contribution is 0.458. The van der Waals surface area contributed by atoms with Gasteiger partial charge in [-0.1, -0.05) is 51.3 Å². The average Bonchev–Trinajstić information content (AvgIpc) is 2.45. The van der Waals surface area contributed by atoms with Crippen molar-refractivity contribution in [2.45, 2.75) is 0 Å². The van der Waals surface area contributed by atoms with E-state index >= 15 is 0 Å². The minimum atomic E-state index is -1.04. The van der Waals surface area contributed by atoms with E-state index in [2.05, 4.69) is 25.3 Å². The molecule has 1 heterocycles. The molecule has 0 radical (unpaired) electrons. The molecule has 0 aliphatic heterocycles. The summed E-state index contributed by atoms with van der Waals surface area (Å²) in [5, 5.41) is 0.325. The predicted molar refractivity (Wildman–Crippen MR) is 86.2 cm³/mol. The van der Waals surface area contributed by atoms with Crippen LogP contribution >= 0.6 is 39.1 Å². The summed E-state index contributed by atoms with van der Waals surface area (Å²) in [6.07, 6.45) is 0. The third-order valence-electron chi connectivity index (χ3n) is 3.07. The molecule has 1 N–H and O–H groups in total. The zero-order valence-corrected chi connectivity index (χ0v) is 13.6. The molecule has 3 rings (SSSR count). The molecule has 0 aliphatic rings. The summed E-state index contributed by atoms with van der Waals surface area (Å²) in [5.74, 6) is -1.85. The van der Waals surface area contributed by atoms with E-state index < -0.39 is 17.2 Å². The van der Waals surface area contributed by atoms with Gasteiger partial charge in [-0.2, -0.15) is 0 Å². The van der Waals surface area contributed by atoms with Gasteiger partial charge in [-0.15, -0.1) is 0 Å². The number of benzene rings is 2. The van der Waals surface area contributed by atoms with E-state index in [0.717, 1.165) is 0 Å². The number of nitrogens with one attached hydrogen (secondary N) is 1. The van der Waals surface area contributed by atoms with E-state index in [-0.39, 0.29) is 31.0 Å². The first-order valence-corrected chi connectivity index (χ1v) is 7.44. The summed E-state index contributed by atoms with van der Waals surface area (Å²) in [5.41, 5.74) is -0.770. The summed E-state index contributed by atoms with van der Waals surface area (Å²) in [6.45, 7) is 0. The smallest absolute Gasteiger partial charge is 0.372 e. The second kappa shape index (κ2) is 5.53. The topological polar surface area (TPSA) is 63.1 Å². The van der Waals surface area contributed by atoms with Crippen LogP contribution in [0, 0.1) is 5.82 Å². The molecule has 1 aromatic heterocycles. The van der Waals surface area contributed by atoms with Crippen molar-refractivity contribution >= 4 is 50.0 Å². The summed E-state index contributed by atoms with van der Waals surface area (Å²) in [6, 6.07) is 6.11. The van der Waals surface area contributed by atoms with Crippen LogP contribution in [-0.2, 0) is 0 Å². The van der Waals surface area contributed by atoms with Crippen LogP contribution < -0.4 is 11.4 Å². The third kappa shape index (κ3) is 2.37. The molecular formula is C14H5BrCl2FNO3. The standard InChI is InChI=1S/C14H5BrCl2FNO3/c15-7-4-6-12(19-14(21)22-13(6)20)11(18)9(7)5-2-1-3-8(16)10(5)17/h1-4H,(H,19,21). The second-order valence-corrected chi connectivity index (χ2v) is 6.01. The number of aromatic amines is 1. The molecular weight excluding hydrogens is 400 g/mol. The van der Waals surface area contributed by atoms with E-state index in [0.29, 0.717) is 5.56 Å². The van der Waals surface area contributed by atoms with Crippen LogP contribution in [0.3, 0.4) is 0 Å². The lowest BCUT2D eigenvalue weighted by Crippen LogP contribution is -2.15. The summed E-state index contributed by atoms with van der Waals surface area (Å²) in [7, 11) is 0. The summed E-state index contributed by atoms with van der Waals surface area (Å²) >= 11 is 15.3. The Morgan fingerprint density at radius 3 is 2.68 bits per heavy atom. The lowest BCUT2D eigenvalue weighted by atomic mass is 10.0. The molecule has 0 unspecified atom stereocenters. The number of aromatic nitrogens is 1. The van der Waals surface area contributed by atoms with Gasteiger partial charge in [0, 0.05) is 15.6 Å². The quantitative estimate of drug-likeness (QED) is 0.655. The SMILES string of the molecule is O=c1[nH]c2c(F)c(-c3cccc(Cl)c3Cl)c(Br)cc2c(=O)o1. The highest BCUT2D eigenvalue weighted by molar-refractivity contribution is 9.10. The molecule has 0 amide bonds. The Labute approximate surface area is 140 Å².